The fraction of sp³-hybridized carbons (Fsp3) is 1.00. The van der Waals surface area contributed by atoms with Crippen LogP contribution in [-0.2, 0) is 0 Å². The molecule has 0 N–H and O–H groups in total. The van der Waals surface area contributed by atoms with E-state index in [4.69, 9.17) is 0 Å². The zero-order valence-electron chi connectivity index (χ0n) is 11.0. The minimum absolute atomic E-state index is 0.831. The van der Waals surface area contributed by atoms with Crippen molar-refractivity contribution in [3.05, 3.63) is 0 Å². The van der Waals surface area contributed by atoms with E-state index >= 15 is 0 Å². The molecule has 3 rings (SSSR count). The van der Waals surface area contributed by atoms with Crippen LogP contribution < -0.4 is 0 Å². The average Bonchev–Trinajstić information content (AvgIpc) is 2.13. The van der Waals surface area contributed by atoms with Gasteiger partial charge in [0.15, 0.2) is 0 Å². The van der Waals surface area contributed by atoms with E-state index in [1.807, 2.05) is 0 Å². The van der Waals surface area contributed by atoms with E-state index < -0.39 is 0 Å². The molecule has 0 aromatic rings. The molecule has 92 valence electrons. The van der Waals surface area contributed by atoms with Crippen molar-refractivity contribution < 1.29 is 0 Å². The first-order chi connectivity index (χ1) is 7.69. The standard InChI is InChI=1S/C15H27N/c1-12(2)13-10-14(11-13)16-8-6-15(7-9-16)4-3-5-15/h12-14H,3-11H2,1-2H3. The molecular formula is C15H27N. The van der Waals surface area contributed by atoms with Crippen LogP contribution in [0.15, 0.2) is 0 Å². The molecule has 3 aliphatic rings. The Kier molecular flexibility index (Phi) is 2.78. The lowest BCUT2D eigenvalue weighted by molar-refractivity contribution is -0.0212. The second kappa shape index (κ2) is 4.01. The van der Waals surface area contributed by atoms with E-state index in [0.29, 0.717) is 0 Å². The summed E-state index contributed by atoms with van der Waals surface area (Å²) in [5.74, 6) is 1.95. The number of hydrogen-bond donors (Lipinski definition) is 0. The zero-order valence-corrected chi connectivity index (χ0v) is 11.0. The molecule has 3 fully saturated rings. The highest BCUT2D eigenvalue weighted by Gasteiger charge is 2.43. The highest BCUT2D eigenvalue weighted by molar-refractivity contribution is 4.96. The van der Waals surface area contributed by atoms with Crippen molar-refractivity contribution in [2.75, 3.05) is 13.1 Å². The third kappa shape index (κ3) is 1.81. The SMILES string of the molecule is CC(C)C1CC(N2CCC3(CCC3)CC2)C1. The van der Waals surface area contributed by atoms with Gasteiger partial charge in [0.2, 0.25) is 0 Å². The van der Waals surface area contributed by atoms with Gasteiger partial charge >= 0.3 is 0 Å². The van der Waals surface area contributed by atoms with Crippen molar-refractivity contribution in [2.45, 2.75) is 64.8 Å². The Morgan fingerprint density at radius 1 is 1.00 bits per heavy atom. The third-order valence-electron chi connectivity index (χ3n) is 5.88. The molecule has 1 saturated heterocycles. The van der Waals surface area contributed by atoms with Gasteiger partial charge < -0.3 is 4.90 Å². The lowest BCUT2D eigenvalue weighted by Crippen LogP contribution is -2.52. The van der Waals surface area contributed by atoms with Gasteiger partial charge in [-0.3, -0.25) is 0 Å². The Hall–Kier alpha value is -0.0400. The summed E-state index contributed by atoms with van der Waals surface area (Å²) in [4.78, 5) is 2.81. The molecule has 0 atom stereocenters. The quantitative estimate of drug-likeness (QED) is 0.687. The van der Waals surface area contributed by atoms with Crippen LogP contribution in [0, 0.1) is 17.3 Å². The van der Waals surface area contributed by atoms with E-state index in [2.05, 4.69) is 18.7 Å². The van der Waals surface area contributed by atoms with E-state index in [1.165, 1.54) is 45.2 Å². The average molecular weight is 221 g/mol. The lowest BCUT2D eigenvalue weighted by atomic mass is 9.62. The molecule has 1 aliphatic heterocycles. The summed E-state index contributed by atoms with van der Waals surface area (Å²) in [6, 6.07) is 0.963. The maximum Gasteiger partial charge on any atom is 0.0101 e. The van der Waals surface area contributed by atoms with Crippen LogP contribution in [0.4, 0.5) is 0 Å². The first-order valence-corrected chi connectivity index (χ1v) is 7.43. The van der Waals surface area contributed by atoms with Crippen LogP contribution in [0.25, 0.3) is 0 Å². The molecule has 1 nitrogen and oxygen atoms in total. The minimum atomic E-state index is 0.831. The highest BCUT2D eigenvalue weighted by Crippen LogP contribution is 2.50. The van der Waals surface area contributed by atoms with Gasteiger partial charge in [0.05, 0.1) is 0 Å². The fourth-order valence-electron chi connectivity index (χ4n) is 4.01. The molecule has 0 bridgehead atoms. The molecule has 0 amide bonds. The molecule has 2 aliphatic carbocycles. The number of hydrogen-bond acceptors (Lipinski definition) is 1. The summed E-state index contributed by atoms with van der Waals surface area (Å²) >= 11 is 0. The molecule has 1 heteroatoms. The third-order valence-corrected chi connectivity index (χ3v) is 5.88. The van der Waals surface area contributed by atoms with Crippen molar-refractivity contribution in [3.8, 4) is 0 Å². The topological polar surface area (TPSA) is 3.24 Å². The van der Waals surface area contributed by atoms with Crippen LogP contribution >= 0.6 is 0 Å². The Bertz CT molecular complexity index is 238. The minimum Gasteiger partial charge on any atom is -0.300 e. The fourth-order valence-corrected chi connectivity index (χ4v) is 4.01. The molecule has 0 aromatic carbocycles. The van der Waals surface area contributed by atoms with Gasteiger partial charge in [0.1, 0.15) is 0 Å². The van der Waals surface area contributed by atoms with E-state index in [9.17, 15) is 0 Å². The zero-order chi connectivity index (χ0) is 11.2. The van der Waals surface area contributed by atoms with Gasteiger partial charge in [-0.2, -0.15) is 0 Å². The van der Waals surface area contributed by atoms with E-state index in [-0.39, 0.29) is 0 Å². The maximum absolute atomic E-state index is 2.81. The summed E-state index contributed by atoms with van der Waals surface area (Å²) in [5.41, 5.74) is 0.831. The highest BCUT2D eigenvalue weighted by atomic mass is 15.2. The predicted molar refractivity (Wildman–Crippen MR) is 68.4 cm³/mol. The Morgan fingerprint density at radius 2 is 1.62 bits per heavy atom. The van der Waals surface area contributed by atoms with Crippen molar-refractivity contribution in [1.29, 1.82) is 0 Å². The normalized spacial score (nSPS) is 38.4. The Labute approximate surface area is 101 Å². The van der Waals surface area contributed by atoms with Crippen molar-refractivity contribution in [3.63, 3.8) is 0 Å². The van der Waals surface area contributed by atoms with Gasteiger partial charge in [-0.1, -0.05) is 20.3 Å². The number of likely N-dealkylation sites (tertiary alicyclic amines) is 1. The van der Waals surface area contributed by atoms with E-state index in [0.717, 1.165) is 23.3 Å². The summed E-state index contributed by atoms with van der Waals surface area (Å²) in [6.07, 6.45) is 10.6. The second-order valence-electron chi connectivity index (χ2n) is 7.02. The number of rotatable bonds is 2. The molecule has 0 aromatic heterocycles. The molecule has 0 radical (unpaired) electrons. The first-order valence-electron chi connectivity index (χ1n) is 7.43. The van der Waals surface area contributed by atoms with Gasteiger partial charge in [-0.15, -0.1) is 0 Å². The number of piperidine rings is 1. The maximum atomic E-state index is 2.81. The summed E-state index contributed by atoms with van der Waals surface area (Å²) in [6.45, 7) is 7.60. The summed E-state index contributed by atoms with van der Waals surface area (Å²) in [5, 5.41) is 0. The molecule has 0 unspecified atom stereocenters. The van der Waals surface area contributed by atoms with E-state index in [1.54, 1.807) is 12.8 Å². The molecule has 2 saturated carbocycles. The van der Waals surface area contributed by atoms with Crippen LogP contribution in [0.1, 0.15) is 58.8 Å². The first kappa shape index (κ1) is 11.1. The summed E-state index contributed by atoms with van der Waals surface area (Å²) < 4.78 is 0. The largest absolute Gasteiger partial charge is 0.300 e. The molecule has 1 spiro atoms. The van der Waals surface area contributed by atoms with Crippen molar-refractivity contribution in [1.82, 2.24) is 4.90 Å². The lowest BCUT2D eigenvalue weighted by Gasteiger charge is -2.53. The van der Waals surface area contributed by atoms with Crippen molar-refractivity contribution >= 4 is 0 Å². The Balaban J connectivity index is 1.45. The van der Waals surface area contributed by atoms with Crippen LogP contribution in [0.2, 0.25) is 0 Å². The summed E-state index contributed by atoms with van der Waals surface area (Å²) in [7, 11) is 0. The van der Waals surface area contributed by atoms with Gasteiger partial charge in [0.25, 0.3) is 0 Å². The van der Waals surface area contributed by atoms with Gasteiger partial charge in [0, 0.05) is 6.04 Å². The van der Waals surface area contributed by atoms with Gasteiger partial charge in [-0.05, 0) is 68.9 Å². The monoisotopic (exact) mass is 221 g/mol. The van der Waals surface area contributed by atoms with Gasteiger partial charge in [-0.25, -0.2) is 0 Å². The smallest absolute Gasteiger partial charge is 0.0101 e. The molecular weight excluding hydrogens is 194 g/mol. The van der Waals surface area contributed by atoms with Crippen LogP contribution in [0.3, 0.4) is 0 Å². The number of nitrogens with zero attached hydrogens (tertiary/aromatic N) is 1. The van der Waals surface area contributed by atoms with Crippen molar-refractivity contribution in [2.24, 2.45) is 17.3 Å². The molecule has 1 heterocycles. The second-order valence-corrected chi connectivity index (χ2v) is 7.02. The van der Waals surface area contributed by atoms with Crippen LogP contribution in [0.5, 0.6) is 0 Å². The predicted octanol–water partition coefficient (Wildman–Crippen LogP) is 3.69. The molecule has 16 heavy (non-hydrogen) atoms. The van der Waals surface area contributed by atoms with Crippen LogP contribution in [-0.4, -0.2) is 24.0 Å². The Morgan fingerprint density at radius 3 is 2.06 bits per heavy atom.